The Morgan fingerprint density at radius 2 is 2.23 bits per heavy atom. The Bertz CT molecular complexity index is 197. The second-order valence-electron chi connectivity index (χ2n) is 3.10. The maximum Gasteiger partial charge on any atom is 0.305 e. The summed E-state index contributed by atoms with van der Waals surface area (Å²) in [4.78, 5) is 22.2. The van der Waals surface area contributed by atoms with Crippen molar-refractivity contribution in [3.05, 3.63) is 0 Å². The second-order valence-corrected chi connectivity index (χ2v) is 4.25. The van der Waals surface area contributed by atoms with Crippen LogP contribution in [0, 0.1) is 5.92 Å². The molecule has 1 atom stereocenters. The van der Waals surface area contributed by atoms with Crippen LogP contribution in [0.5, 0.6) is 0 Å². The molecular weight excluding hydrogens is 188 g/mol. The fourth-order valence-corrected chi connectivity index (χ4v) is 2.57. The number of ether oxygens (including phenoxy) is 1. The van der Waals surface area contributed by atoms with E-state index in [9.17, 15) is 9.59 Å². The van der Waals surface area contributed by atoms with Crippen molar-refractivity contribution in [2.45, 2.75) is 19.3 Å². The zero-order chi connectivity index (χ0) is 9.68. The molecule has 0 aliphatic carbocycles. The summed E-state index contributed by atoms with van der Waals surface area (Å²) in [5, 5.41) is 0. The monoisotopic (exact) mass is 202 g/mol. The largest absolute Gasteiger partial charge is 0.469 e. The van der Waals surface area contributed by atoms with E-state index in [0.717, 1.165) is 17.9 Å². The van der Waals surface area contributed by atoms with Crippen LogP contribution in [0.25, 0.3) is 0 Å². The third kappa shape index (κ3) is 3.38. The smallest absolute Gasteiger partial charge is 0.305 e. The first-order valence-electron chi connectivity index (χ1n) is 4.41. The van der Waals surface area contributed by atoms with Gasteiger partial charge in [-0.05, 0) is 12.2 Å². The van der Waals surface area contributed by atoms with Gasteiger partial charge in [0.05, 0.1) is 13.5 Å². The minimum atomic E-state index is -0.293. The summed E-state index contributed by atoms with van der Waals surface area (Å²) in [7, 11) is 1.35. The van der Waals surface area contributed by atoms with Crippen LogP contribution in [0.3, 0.4) is 0 Å². The molecule has 0 bridgehead atoms. The summed E-state index contributed by atoms with van der Waals surface area (Å²) in [6.07, 6.45) is 1.55. The zero-order valence-corrected chi connectivity index (χ0v) is 8.56. The number of ketones is 1. The highest BCUT2D eigenvalue weighted by atomic mass is 32.2. The van der Waals surface area contributed by atoms with Crippen molar-refractivity contribution in [2.24, 2.45) is 5.92 Å². The van der Waals surface area contributed by atoms with E-state index in [1.165, 1.54) is 7.11 Å². The van der Waals surface area contributed by atoms with Crippen LogP contribution >= 0.6 is 11.8 Å². The summed E-state index contributed by atoms with van der Waals surface area (Å²) in [5.74, 6) is 2.12. The standard InChI is InChI=1S/C9H14O3S/c1-12-9(11)3-2-8(10)7-4-5-13-6-7/h7H,2-6H2,1H3. The van der Waals surface area contributed by atoms with Crippen molar-refractivity contribution in [2.75, 3.05) is 18.6 Å². The molecule has 1 saturated heterocycles. The lowest BCUT2D eigenvalue weighted by Crippen LogP contribution is -2.15. The van der Waals surface area contributed by atoms with E-state index in [-0.39, 0.29) is 24.1 Å². The SMILES string of the molecule is COC(=O)CCC(=O)C1CCSC1. The highest BCUT2D eigenvalue weighted by Gasteiger charge is 2.23. The number of hydrogen-bond acceptors (Lipinski definition) is 4. The molecule has 1 unspecified atom stereocenters. The highest BCUT2D eigenvalue weighted by molar-refractivity contribution is 7.99. The van der Waals surface area contributed by atoms with Gasteiger partial charge in [-0.1, -0.05) is 0 Å². The molecule has 1 fully saturated rings. The van der Waals surface area contributed by atoms with Crippen molar-refractivity contribution >= 4 is 23.5 Å². The average molecular weight is 202 g/mol. The Hall–Kier alpha value is -0.510. The molecule has 0 spiro atoms. The molecule has 0 saturated carbocycles. The molecule has 4 heteroatoms. The van der Waals surface area contributed by atoms with Crippen molar-refractivity contribution in [1.82, 2.24) is 0 Å². The predicted octanol–water partition coefficient (Wildman–Crippen LogP) is 1.26. The molecule has 0 radical (unpaired) electrons. The molecular formula is C9H14O3S. The van der Waals surface area contributed by atoms with Gasteiger partial charge in [-0.25, -0.2) is 0 Å². The Balaban J connectivity index is 2.20. The van der Waals surface area contributed by atoms with Crippen LogP contribution in [-0.2, 0) is 14.3 Å². The third-order valence-electron chi connectivity index (χ3n) is 2.19. The maximum absolute atomic E-state index is 11.4. The van der Waals surface area contributed by atoms with Crippen LogP contribution in [-0.4, -0.2) is 30.4 Å². The van der Waals surface area contributed by atoms with Gasteiger partial charge in [-0.3, -0.25) is 9.59 Å². The van der Waals surface area contributed by atoms with Gasteiger partial charge in [-0.2, -0.15) is 11.8 Å². The Morgan fingerprint density at radius 3 is 2.77 bits per heavy atom. The highest BCUT2D eigenvalue weighted by Crippen LogP contribution is 2.25. The molecule has 0 aromatic heterocycles. The summed E-state index contributed by atoms with van der Waals surface area (Å²) in [5.41, 5.74) is 0. The van der Waals surface area contributed by atoms with Crippen LogP contribution < -0.4 is 0 Å². The molecule has 1 heterocycles. The van der Waals surface area contributed by atoms with E-state index < -0.39 is 0 Å². The number of carbonyl (C=O) groups is 2. The van der Waals surface area contributed by atoms with E-state index in [1.807, 2.05) is 11.8 Å². The molecule has 74 valence electrons. The molecule has 0 amide bonds. The molecule has 13 heavy (non-hydrogen) atoms. The molecule has 0 N–H and O–H groups in total. The van der Waals surface area contributed by atoms with E-state index in [4.69, 9.17) is 0 Å². The second kappa shape index (κ2) is 5.27. The van der Waals surface area contributed by atoms with E-state index >= 15 is 0 Å². The zero-order valence-electron chi connectivity index (χ0n) is 7.75. The van der Waals surface area contributed by atoms with Crippen molar-refractivity contribution in [3.8, 4) is 0 Å². The fourth-order valence-electron chi connectivity index (χ4n) is 1.32. The van der Waals surface area contributed by atoms with Crippen molar-refractivity contribution in [1.29, 1.82) is 0 Å². The normalized spacial score (nSPS) is 21.5. The lowest BCUT2D eigenvalue weighted by atomic mass is 10.00. The minimum absolute atomic E-state index is 0.189. The van der Waals surface area contributed by atoms with Gasteiger partial charge < -0.3 is 4.74 Å². The first kappa shape index (κ1) is 10.6. The van der Waals surface area contributed by atoms with Gasteiger partial charge in [0.2, 0.25) is 0 Å². The third-order valence-corrected chi connectivity index (χ3v) is 3.35. The number of methoxy groups -OCH3 is 1. The molecule has 1 aliphatic rings. The number of Topliss-reactive ketones (excluding diaryl/α,β-unsaturated/α-hetero) is 1. The van der Waals surface area contributed by atoms with Crippen LogP contribution in [0.1, 0.15) is 19.3 Å². The van der Waals surface area contributed by atoms with Gasteiger partial charge >= 0.3 is 5.97 Å². The van der Waals surface area contributed by atoms with Crippen molar-refractivity contribution in [3.63, 3.8) is 0 Å². The van der Waals surface area contributed by atoms with Crippen molar-refractivity contribution < 1.29 is 14.3 Å². The number of esters is 1. The van der Waals surface area contributed by atoms with Gasteiger partial charge in [0, 0.05) is 18.1 Å². The molecule has 1 rings (SSSR count). The lowest BCUT2D eigenvalue weighted by molar-refractivity contribution is -0.142. The Labute approximate surface area is 82.2 Å². The van der Waals surface area contributed by atoms with Crippen LogP contribution in [0.2, 0.25) is 0 Å². The van der Waals surface area contributed by atoms with Gasteiger partial charge in [0.15, 0.2) is 0 Å². The first-order valence-corrected chi connectivity index (χ1v) is 5.56. The van der Waals surface area contributed by atoms with E-state index in [0.29, 0.717) is 6.42 Å². The molecule has 0 aromatic rings. The maximum atomic E-state index is 11.4. The topological polar surface area (TPSA) is 43.4 Å². The number of rotatable bonds is 4. The number of carbonyl (C=O) groups excluding carboxylic acids is 2. The number of hydrogen-bond donors (Lipinski definition) is 0. The van der Waals surface area contributed by atoms with E-state index in [1.54, 1.807) is 0 Å². The Morgan fingerprint density at radius 1 is 1.46 bits per heavy atom. The first-order chi connectivity index (χ1) is 6.24. The molecule has 0 aromatic carbocycles. The predicted molar refractivity (Wildman–Crippen MR) is 51.7 cm³/mol. The fraction of sp³-hybridized carbons (Fsp3) is 0.778. The quantitative estimate of drug-likeness (QED) is 0.644. The summed E-state index contributed by atoms with van der Waals surface area (Å²) in [6.45, 7) is 0. The Kier molecular flexibility index (Phi) is 4.28. The van der Waals surface area contributed by atoms with E-state index in [2.05, 4.69) is 4.74 Å². The summed E-state index contributed by atoms with van der Waals surface area (Å²) >= 11 is 1.81. The van der Waals surface area contributed by atoms with Crippen LogP contribution in [0.15, 0.2) is 0 Å². The molecule has 1 aliphatic heterocycles. The van der Waals surface area contributed by atoms with Gasteiger partial charge in [-0.15, -0.1) is 0 Å². The number of thioether (sulfide) groups is 1. The van der Waals surface area contributed by atoms with Crippen LogP contribution in [0.4, 0.5) is 0 Å². The average Bonchev–Trinajstić information content (AvgIpc) is 2.66. The lowest BCUT2D eigenvalue weighted by Gasteiger charge is -2.05. The summed E-state index contributed by atoms with van der Waals surface area (Å²) < 4.78 is 4.47. The van der Waals surface area contributed by atoms with Gasteiger partial charge in [0.1, 0.15) is 5.78 Å². The minimum Gasteiger partial charge on any atom is -0.469 e. The molecule has 3 nitrogen and oxygen atoms in total. The van der Waals surface area contributed by atoms with Gasteiger partial charge in [0.25, 0.3) is 0 Å². The summed E-state index contributed by atoms with van der Waals surface area (Å²) in [6, 6.07) is 0.